The third-order valence-corrected chi connectivity index (χ3v) is 3.47. The van der Waals surface area contributed by atoms with Gasteiger partial charge in [-0.1, -0.05) is 25.1 Å². The van der Waals surface area contributed by atoms with E-state index in [1.165, 1.54) is 0 Å². The first-order valence-corrected chi connectivity index (χ1v) is 6.73. The molecule has 0 radical (unpaired) electrons. The summed E-state index contributed by atoms with van der Waals surface area (Å²) in [6.07, 6.45) is 4.57. The molecule has 0 amide bonds. The normalized spacial score (nSPS) is 18.9. The van der Waals surface area contributed by atoms with E-state index >= 15 is 0 Å². The van der Waals surface area contributed by atoms with Gasteiger partial charge >= 0.3 is 0 Å². The number of rotatable bonds is 4. The maximum absolute atomic E-state index is 10.4. The minimum Gasteiger partial charge on any atom is -0.487 e. The van der Waals surface area contributed by atoms with Gasteiger partial charge in [0.2, 0.25) is 0 Å². The highest BCUT2D eigenvalue weighted by Crippen LogP contribution is 2.33. The largest absolute Gasteiger partial charge is 0.487 e. The summed E-state index contributed by atoms with van der Waals surface area (Å²) >= 11 is 0. The second-order valence-electron chi connectivity index (χ2n) is 4.95. The van der Waals surface area contributed by atoms with Crippen LogP contribution in [0, 0.1) is 0 Å². The van der Waals surface area contributed by atoms with Gasteiger partial charge in [0.05, 0.1) is 6.20 Å². The lowest BCUT2D eigenvalue weighted by atomic mass is 10.0. The Bertz CT molecular complexity index is 540. The van der Waals surface area contributed by atoms with Gasteiger partial charge in [0.25, 0.3) is 0 Å². The van der Waals surface area contributed by atoms with E-state index in [-0.39, 0.29) is 6.10 Å². The smallest absolute Gasteiger partial charge is 0.133 e. The van der Waals surface area contributed by atoms with E-state index in [9.17, 15) is 5.11 Å². The molecule has 0 aliphatic carbocycles. The van der Waals surface area contributed by atoms with Crippen LogP contribution in [0.1, 0.15) is 30.6 Å². The molecule has 4 heteroatoms. The number of para-hydroxylation sites is 1. The Morgan fingerprint density at radius 3 is 3.11 bits per heavy atom. The Balaban J connectivity index is 1.73. The summed E-state index contributed by atoms with van der Waals surface area (Å²) in [6.45, 7) is 2.98. The molecule has 1 N–H and O–H groups in total. The molecule has 2 atom stereocenters. The molecule has 0 bridgehead atoms. The van der Waals surface area contributed by atoms with Crippen LogP contribution in [0.2, 0.25) is 0 Å². The predicted octanol–water partition coefficient (Wildman–Crippen LogP) is 2.33. The van der Waals surface area contributed by atoms with Gasteiger partial charge in [-0.3, -0.25) is 4.68 Å². The zero-order valence-corrected chi connectivity index (χ0v) is 11.0. The van der Waals surface area contributed by atoms with Gasteiger partial charge in [-0.25, -0.2) is 0 Å². The molecule has 100 valence electrons. The summed E-state index contributed by atoms with van der Waals surface area (Å²) in [5.74, 6) is 0.882. The third kappa shape index (κ3) is 2.36. The lowest BCUT2D eigenvalue weighted by Crippen LogP contribution is -2.22. The van der Waals surface area contributed by atoms with Gasteiger partial charge in [-0.2, -0.15) is 5.10 Å². The Hall–Kier alpha value is -1.81. The first-order valence-electron chi connectivity index (χ1n) is 6.73. The zero-order valence-electron chi connectivity index (χ0n) is 11.0. The van der Waals surface area contributed by atoms with Crippen LogP contribution in [-0.2, 0) is 13.0 Å². The average Bonchev–Trinajstić information content (AvgIpc) is 3.04. The molecule has 4 nitrogen and oxygen atoms in total. The van der Waals surface area contributed by atoms with Crippen molar-refractivity contribution in [3.8, 4) is 5.75 Å². The fourth-order valence-electron chi connectivity index (χ4n) is 2.48. The molecule has 1 aliphatic rings. The molecule has 3 rings (SSSR count). The Labute approximate surface area is 112 Å². The van der Waals surface area contributed by atoms with E-state index in [4.69, 9.17) is 4.74 Å². The number of ether oxygens (including phenoxy) is 1. The first-order chi connectivity index (χ1) is 9.28. The number of fused-ring (bicyclic) bond motifs is 1. The standard InChI is InChI=1S/C15H18N2O2/c1-2-7-17-10-12(9-16-17)15(18)14-8-11-5-3-4-6-13(11)19-14/h3-6,9-10,14-15,18H,2,7-8H2,1H3. The maximum Gasteiger partial charge on any atom is 0.133 e. The summed E-state index contributed by atoms with van der Waals surface area (Å²) in [6, 6.07) is 7.94. The molecule has 0 saturated carbocycles. The maximum atomic E-state index is 10.4. The molecular weight excluding hydrogens is 240 g/mol. The topological polar surface area (TPSA) is 47.3 Å². The molecule has 1 aromatic carbocycles. The summed E-state index contributed by atoms with van der Waals surface area (Å²) in [5.41, 5.74) is 1.98. The number of hydrogen-bond donors (Lipinski definition) is 1. The molecule has 1 aliphatic heterocycles. The fourth-order valence-corrected chi connectivity index (χ4v) is 2.48. The minimum atomic E-state index is -0.627. The van der Waals surface area contributed by atoms with Crippen LogP contribution in [0.3, 0.4) is 0 Å². The van der Waals surface area contributed by atoms with Crippen LogP contribution in [0.5, 0.6) is 5.75 Å². The van der Waals surface area contributed by atoms with Gasteiger partial charge in [-0.05, 0) is 18.1 Å². The first kappa shape index (κ1) is 12.2. The van der Waals surface area contributed by atoms with E-state index in [1.807, 2.05) is 35.1 Å². The summed E-state index contributed by atoms with van der Waals surface area (Å²) in [7, 11) is 0. The van der Waals surface area contributed by atoms with Gasteiger partial charge in [0.15, 0.2) is 0 Å². The van der Waals surface area contributed by atoms with Gasteiger partial charge in [-0.15, -0.1) is 0 Å². The number of aryl methyl sites for hydroxylation is 1. The van der Waals surface area contributed by atoms with Crippen molar-refractivity contribution in [1.29, 1.82) is 0 Å². The minimum absolute atomic E-state index is 0.211. The zero-order chi connectivity index (χ0) is 13.2. The van der Waals surface area contributed by atoms with Gasteiger partial charge < -0.3 is 9.84 Å². The van der Waals surface area contributed by atoms with E-state index < -0.39 is 6.10 Å². The molecule has 2 unspecified atom stereocenters. The van der Waals surface area contributed by atoms with Crippen molar-refractivity contribution >= 4 is 0 Å². The number of aliphatic hydroxyl groups is 1. The predicted molar refractivity (Wildman–Crippen MR) is 72.0 cm³/mol. The summed E-state index contributed by atoms with van der Waals surface area (Å²) in [4.78, 5) is 0. The van der Waals surface area contributed by atoms with Crippen molar-refractivity contribution in [2.45, 2.75) is 38.5 Å². The summed E-state index contributed by atoms with van der Waals surface area (Å²) in [5, 5.41) is 14.6. The average molecular weight is 258 g/mol. The molecule has 1 aromatic heterocycles. The summed E-state index contributed by atoms with van der Waals surface area (Å²) < 4.78 is 7.67. The SMILES string of the molecule is CCCn1cc(C(O)C2Cc3ccccc3O2)cn1. The second-order valence-corrected chi connectivity index (χ2v) is 4.95. The van der Waals surface area contributed by atoms with E-state index in [1.54, 1.807) is 6.20 Å². The van der Waals surface area contributed by atoms with Crippen molar-refractivity contribution < 1.29 is 9.84 Å². The van der Waals surface area contributed by atoms with Crippen LogP contribution < -0.4 is 4.74 Å². The highest BCUT2D eigenvalue weighted by atomic mass is 16.5. The Morgan fingerprint density at radius 2 is 2.32 bits per heavy atom. The van der Waals surface area contributed by atoms with Crippen molar-refractivity contribution in [1.82, 2.24) is 9.78 Å². The Morgan fingerprint density at radius 1 is 1.47 bits per heavy atom. The quantitative estimate of drug-likeness (QED) is 0.915. The third-order valence-electron chi connectivity index (χ3n) is 3.47. The van der Waals surface area contributed by atoms with E-state index in [2.05, 4.69) is 12.0 Å². The fraction of sp³-hybridized carbons (Fsp3) is 0.400. The molecule has 0 fully saturated rings. The number of nitrogens with zero attached hydrogens (tertiary/aromatic N) is 2. The number of hydrogen-bond acceptors (Lipinski definition) is 3. The van der Waals surface area contributed by atoms with Crippen molar-refractivity contribution in [2.24, 2.45) is 0 Å². The van der Waals surface area contributed by atoms with Crippen molar-refractivity contribution in [3.63, 3.8) is 0 Å². The van der Waals surface area contributed by atoms with Crippen LogP contribution in [0.25, 0.3) is 0 Å². The van der Waals surface area contributed by atoms with Gasteiger partial charge in [0, 0.05) is 24.7 Å². The number of aliphatic hydroxyl groups excluding tert-OH is 1. The second kappa shape index (κ2) is 5.05. The highest BCUT2D eigenvalue weighted by Gasteiger charge is 2.30. The molecular formula is C15H18N2O2. The van der Waals surface area contributed by atoms with Crippen LogP contribution in [-0.4, -0.2) is 21.0 Å². The lowest BCUT2D eigenvalue weighted by molar-refractivity contribution is 0.0491. The van der Waals surface area contributed by atoms with Crippen LogP contribution >= 0.6 is 0 Å². The van der Waals surface area contributed by atoms with Crippen molar-refractivity contribution in [2.75, 3.05) is 0 Å². The van der Waals surface area contributed by atoms with Crippen molar-refractivity contribution in [3.05, 3.63) is 47.8 Å². The number of benzene rings is 1. The molecule has 2 heterocycles. The Kier molecular flexibility index (Phi) is 3.25. The molecule has 19 heavy (non-hydrogen) atoms. The molecule has 2 aromatic rings. The monoisotopic (exact) mass is 258 g/mol. The number of aromatic nitrogens is 2. The molecule has 0 spiro atoms. The van der Waals surface area contributed by atoms with Gasteiger partial charge in [0.1, 0.15) is 18.0 Å². The van der Waals surface area contributed by atoms with E-state index in [0.29, 0.717) is 0 Å². The molecule has 0 saturated heterocycles. The van der Waals surface area contributed by atoms with E-state index in [0.717, 1.165) is 36.3 Å². The van der Waals surface area contributed by atoms with Crippen LogP contribution in [0.15, 0.2) is 36.7 Å². The lowest BCUT2D eigenvalue weighted by Gasteiger charge is -2.16. The highest BCUT2D eigenvalue weighted by molar-refractivity contribution is 5.38. The van der Waals surface area contributed by atoms with Crippen LogP contribution in [0.4, 0.5) is 0 Å².